The molecular formula is C21H24ClN5O. The number of rotatable bonds is 5. The molecule has 1 heterocycles. The molecule has 0 amide bonds. The molecule has 2 aromatic carbocycles. The molecular weight excluding hydrogens is 374 g/mol. The SMILES string of the molecule is COc1ccc(-n2nnnc2C2(Nc3ccc(Cl)cc3)CCC(C)CC2)cc1. The molecule has 1 aromatic heterocycles. The maximum Gasteiger partial charge on any atom is 0.181 e. The summed E-state index contributed by atoms with van der Waals surface area (Å²) in [5, 5.41) is 17.2. The Morgan fingerprint density at radius 2 is 1.75 bits per heavy atom. The van der Waals surface area contributed by atoms with Gasteiger partial charge in [0.15, 0.2) is 5.82 Å². The van der Waals surface area contributed by atoms with Crippen LogP contribution >= 0.6 is 11.6 Å². The molecule has 7 heteroatoms. The molecule has 0 bridgehead atoms. The van der Waals surface area contributed by atoms with Crippen LogP contribution in [0.1, 0.15) is 38.4 Å². The third kappa shape index (κ3) is 3.69. The second kappa shape index (κ2) is 7.80. The minimum absolute atomic E-state index is 0.330. The van der Waals surface area contributed by atoms with Crippen molar-refractivity contribution < 1.29 is 4.74 Å². The largest absolute Gasteiger partial charge is 0.497 e. The second-order valence-electron chi connectivity index (χ2n) is 7.51. The monoisotopic (exact) mass is 397 g/mol. The molecule has 28 heavy (non-hydrogen) atoms. The smallest absolute Gasteiger partial charge is 0.181 e. The van der Waals surface area contributed by atoms with E-state index in [4.69, 9.17) is 16.3 Å². The van der Waals surface area contributed by atoms with Crippen LogP contribution in [0.5, 0.6) is 5.75 Å². The number of tetrazole rings is 1. The first-order chi connectivity index (χ1) is 13.6. The van der Waals surface area contributed by atoms with Gasteiger partial charge in [0, 0.05) is 10.7 Å². The van der Waals surface area contributed by atoms with Gasteiger partial charge in [0.2, 0.25) is 0 Å². The van der Waals surface area contributed by atoms with Gasteiger partial charge in [-0.25, -0.2) is 0 Å². The molecule has 1 fully saturated rings. The van der Waals surface area contributed by atoms with Gasteiger partial charge in [0.25, 0.3) is 0 Å². The molecule has 1 aliphatic carbocycles. The summed E-state index contributed by atoms with van der Waals surface area (Å²) in [6.07, 6.45) is 4.17. The lowest BCUT2D eigenvalue weighted by molar-refractivity contribution is 0.255. The number of ether oxygens (including phenoxy) is 1. The van der Waals surface area contributed by atoms with Crippen molar-refractivity contribution in [3.8, 4) is 11.4 Å². The van der Waals surface area contributed by atoms with Crippen molar-refractivity contribution in [1.82, 2.24) is 20.2 Å². The molecule has 0 saturated heterocycles. The highest BCUT2D eigenvalue weighted by Crippen LogP contribution is 2.41. The van der Waals surface area contributed by atoms with Crippen LogP contribution in [0.4, 0.5) is 5.69 Å². The molecule has 0 unspecified atom stereocenters. The van der Waals surface area contributed by atoms with Gasteiger partial charge in [0.05, 0.1) is 18.3 Å². The average molecular weight is 398 g/mol. The number of hydrogen-bond acceptors (Lipinski definition) is 5. The first-order valence-electron chi connectivity index (χ1n) is 9.57. The lowest BCUT2D eigenvalue weighted by Crippen LogP contribution is -2.41. The van der Waals surface area contributed by atoms with E-state index in [-0.39, 0.29) is 5.54 Å². The van der Waals surface area contributed by atoms with Gasteiger partial charge < -0.3 is 10.1 Å². The zero-order valence-corrected chi connectivity index (χ0v) is 16.9. The van der Waals surface area contributed by atoms with Crippen molar-refractivity contribution in [2.75, 3.05) is 12.4 Å². The van der Waals surface area contributed by atoms with E-state index in [1.165, 1.54) is 0 Å². The zero-order valence-electron chi connectivity index (χ0n) is 16.1. The van der Waals surface area contributed by atoms with Crippen LogP contribution in [-0.2, 0) is 5.54 Å². The van der Waals surface area contributed by atoms with Gasteiger partial charge in [-0.3, -0.25) is 0 Å². The number of nitrogens with zero attached hydrogens (tertiary/aromatic N) is 4. The van der Waals surface area contributed by atoms with E-state index >= 15 is 0 Å². The maximum atomic E-state index is 6.06. The standard InChI is InChI=1S/C21H24ClN5O/c1-15-11-13-21(14-12-15,23-17-5-3-16(22)4-6-17)20-24-25-26-27(20)18-7-9-19(28-2)10-8-18/h3-10,15,23H,11-14H2,1-2H3. The lowest BCUT2D eigenvalue weighted by atomic mass is 9.76. The van der Waals surface area contributed by atoms with E-state index < -0.39 is 0 Å². The van der Waals surface area contributed by atoms with Gasteiger partial charge in [-0.05, 0) is 90.6 Å². The highest BCUT2D eigenvalue weighted by atomic mass is 35.5. The Morgan fingerprint density at radius 3 is 2.39 bits per heavy atom. The molecule has 1 saturated carbocycles. The summed E-state index contributed by atoms with van der Waals surface area (Å²) in [4.78, 5) is 0. The lowest BCUT2D eigenvalue weighted by Gasteiger charge is -2.39. The molecule has 6 nitrogen and oxygen atoms in total. The van der Waals surface area contributed by atoms with E-state index in [0.717, 1.165) is 53.7 Å². The summed E-state index contributed by atoms with van der Waals surface area (Å²) < 4.78 is 7.10. The number of halogens is 1. The quantitative estimate of drug-likeness (QED) is 0.667. The number of aromatic nitrogens is 4. The maximum absolute atomic E-state index is 6.06. The molecule has 0 radical (unpaired) electrons. The average Bonchev–Trinajstić information content (AvgIpc) is 3.22. The highest BCUT2D eigenvalue weighted by molar-refractivity contribution is 6.30. The van der Waals surface area contributed by atoms with Crippen LogP contribution in [0.3, 0.4) is 0 Å². The summed E-state index contributed by atoms with van der Waals surface area (Å²) in [6, 6.07) is 15.6. The minimum Gasteiger partial charge on any atom is -0.497 e. The summed E-state index contributed by atoms with van der Waals surface area (Å²) >= 11 is 6.06. The van der Waals surface area contributed by atoms with Gasteiger partial charge in [-0.1, -0.05) is 18.5 Å². The third-order valence-electron chi connectivity index (χ3n) is 5.57. The summed E-state index contributed by atoms with van der Waals surface area (Å²) in [5.41, 5.74) is 1.60. The van der Waals surface area contributed by atoms with E-state index in [1.54, 1.807) is 7.11 Å². The highest BCUT2D eigenvalue weighted by Gasteiger charge is 2.40. The van der Waals surface area contributed by atoms with Gasteiger partial charge in [-0.15, -0.1) is 5.10 Å². The Hall–Kier alpha value is -2.60. The molecule has 0 aliphatic heterocycles. The summed E-state index contributed by atoms with van der Waals surface area (Å²) in [7, 11) is 1.66. The topological polar surface area (TPSA) is 64.9 Å². The summed E-state index contributed by atoms with van der Waals surface area (Å²) in [5.74, 6) is 2.34. The Kier molecular flexibility index (Phi) is 5.22. The van der Waals surface area contributed by atoms with Crippen molar-refractivity contribution in [2.24, 2.45) is 5.92 Å². The molecule has 1 N–H and O–H groups in total. The normalized spacial score (nSPS) is 22.0. The minimum atomic E-state index is -0.330. The molecule has 1 aliphatic rings. The van der Waals surface area contributed by atoms with Crippen LogP contribution in [0.25, 0.3) is 5.69 Å². The molecule has 3 aromatic rings. The fourth-order valence-corrected chi connectivity index (χ4v) is 3.98. The third-order valence-corrected chi connectivity index (χ3v) is 5.82. The van der Waals surface area contributed by atoms with E-state index in [1.807, 2.05) is 53.2 Å². The van der Waals surface area contributed by atoms with E-state index in [2.05, 4.69) is 27.8 Å². The van der Waals surface area contributed by atoms with Crippen LogP contribution < -0.4 is 10.1 Å². The second-order valence-corrected chi connectivity index (χ2v) is 7.95. The predicted octanol–water partition coefficient (Wildman–Crippen LogP) is 4.84. The first kappa shape index (κ1) is 18.7. The van der Waals surface area contributed by atoms with E-state index in [0.29, 0.717) is 5.92 Å². The Balaban J connectivity index is 1.73. The molecule has 0 spiro atoms. The molecule has 4 rings (SSSR count). The fourth-order valence-electron chi connectivity index (χ4n) is 3.85. The Morgan fingerprint density at radius 1 is 1.07 bits per heavy atom. The van der Waals surface area contributed by atoms with Gasteiger partial charge >= 0.3 is 0 Å². The van der Waals surface area contributed by atoms with Gasteiger partial charge in [0.1, 0.15) is 5.75 Å². The number of nitrogens with one attached hydrogen (secondary N) is 1. The fraction of sp³-hybridized carbons (Fsp3) is 0.381. The molecule has 146 valence electrons. The van der Waals surface area contributed by atoms with E-state index in [9.17, 15) is 0 Å². The van der Waals surface area contributed by atoms with Crippen molar-refractivity contribution in [3.63, 3.8) is 0 Å². The van der Waals surface area contributed by atoms with Crippen LogP contribution in [0.15, 0.2) is 48.5 Å². The number of anilines is 1. The summed E-state index contributed by atoms with van der Waals surface area (Å²) in [6.45, 7) is 2.30. The van der Waals surface area contributed by atoms with Crippen molar-refractivity contribution in [1.29, 1.82) is 0 Å². The van der Waals surface area contributed by atoms with Crippen molar-refractivity contribution in [2.45, 2.75) is 38.1 Å². The number of benzene rings is 2. The van der Waals surface area contributed by atoms with Crippen LogP contribution in [0.2, 0.25) is 5.02 Å². The predicted molar refractivity (Wildman–Crippen MR) is 110 cm³/mol. The Labute approximate surface area is 169 Å². The first-order valence-corrected chi connectivity index (χ1v) is 9.94. The van der Waals surface area contributed by atoms with Crippen molar-refractivity contribution >= 4 is 17.3 Å². The van der Waals surface area contributed by atoms with Crippen LogP contribution in [-0.4, -0.2) is 27.3 Å². The van der Waals surface area contributed by atoms with Crippen LogP contribution in [0, 0.1) is 5.92 Å². The van der Waals surface area contributed by atoms with Crippen molar-refractivity contribution in [3.05, 3.63) is 59.4 Å². The molecule has 0 atom stereocenters. The number of hydrogen-bond donors (Lipinski definition) is 1. The zero-order chi connectivity index (χ0) is 19.6. The Bertz CT molecular complexity index is 915. The van der Waals surface area contributed by atoms with Gasteiger partial charge in [-0.2, -0.15) is 4.68 Å². The number of methoxy groups -OCH3 is 1.